The minimum absolute atomic E-state index is 0.795. The van der Waals surface area contributed by atoms with Crippen molar-refractivity contribution in [1.29, 1.82) is 0 Å². The molecule has 6 rings (SSSR count). The number of halogens is 2. The molecule has 0 N–H and O–H groups in total. The van der Waals surface area contributed by atoms with Gasteiger partial charge < -0.3 is 0 Å². The number of benzene rings is 4. The molecule has 0 atom stereocenters. The molecule has 178 valence electrons. The largest absolute Gasteiger partial charge is 0.184 e. The van der Waals surface area contributed by atoms with Crippen LogP contribution in [0.1, 0.15) is 30.9 Å². The molecule has 0 aromatic heterocycles. The zero-order valence-electron chi connectivity index (χ0n) is 20.6. The van der Waals surface area contributed by atoms with E-state index < -0.39 is 20.8 Å². The van der Waals surface area contributed by atoms with E-state index in [0.717, 1.165) is 9.52 Å². The molecule has 2 radical (unpaired) electrons. The van der Waals surface area contributed by atoms with Crippen molar-refractivity contribution in [1.82, 2.24) is 0 Å². The predicted octanol–water partition coefficient (Wildman–Crippen LogP) is 8.38. The molecule has 5 aromatic carbocycles. The van der Waals surface area contributed by atoms with Gasteiger partial charge in [-0.2, -0.15) is 35.5 Å². The second kappa shape index (κ2) is 13.6. The molecule has 0 spiro atoms. The van der Waals surface area contributed by atoms with E-state index in [-0.39, 0.29) is 0 Å². The van der Waals surface area contributed by atoms with Crippen molar-refractivity contribution >= 4 is 47.7 Å². The third-order valence-electron chi connectivity index (χ3n) is 6.32. The molecule has 0 saturated heterocycles. The summed E-state index contributed by atoms with van der Waals surface area (Å²) in [6.45, 7) is 4.44. The Morgan fingerprint density at radius 3 is 2.39 bits per heavy atom. The maximum Gasteiger partial charge on any atom is 0.0920 e. The second-order valence-corrected chi connectivity index (χ2v) is 13.8. The predicted molar refractivity (Wildman–Crippen MR) is 156 cm³/mol. The van der Waals surface area contributed by atoms with Gasteiger partial charge >= 0.3 is 37.9 Å². The Kier molecular flexibility index (Phi) is 10.3. The zero-order chi connectivity index (χ0) is 25.3. The summed E-state index contributed by atoms with van der Waals surface area (Å²) < 4.78 is 0. The van der Waals surface area contributed by atoms with Crippen LogP contribution < -0.4 is 10.4 Å². The molecule has 36 heavy (non-hydrogen) atoms. The van der Waals surface area contributed by atoms with Gasteiger partial charge in [-0.1, -0.05) is 96.7 Å². The summed E-state index contributed by atoms with van der Waals surface area (Å²) in [5.41, 5.74) is 8.38. The molecular weight excluding hydrogens is 575 g/mol. The second-order valence-electron chi connectivity index (χ2n) is 8.81. The van der Waals surface area contributed by atoms with Gasteiger partial charge in [0.2, 0.25) is 0 Å². The third kappa shape index (κ3) is 6.53. The fourth-order valence-electron chi connectivity index (χ4n) is 4.72. The van der Waals surface area contributed by atoms with Crippen LogP contribution in [-0.2, 0) is 27.3 Å². The SMILES string of the molecule is CCCCc1ccc2[cH-]c(C)cc2c1-c1ccccc1.[Cl][Zr+2][Cl].[c-]1cccc2c1[Si]c1ccccc1-2. The maximum absolute atomic E-state index is 4.93. The minimum Gasteiger partial charge on any atom is -0.184 e. The number of unbranched alkanes of at least 4 members (excludes halogenated alkanes) is 1. The molecule has 0 nitrogen and oxygen atoms in total. The number of hydrogen-bond acceptors (Lipinski definition) is 0. The van der Waals surface area contributed by atoms with Crippen molar-refractivity contribution in [3.63, 3.8) is 0 Å². The van der Waals surface area contributed by atoms with Crippen LogP contribution in [-0.4, -0.2) is 9.52 Å². The van der Waals surface area contributed by atoms with E-state index in [0.29, 0.717) is 0 Å². The van der Waals surface area contributed by atoms with Gasteiger partial charge in [-0.25, -0.2) is 0 Å². The van der Waals surface area contributed by atoms with E-state index >= 15 is 0 Å². The quantitative estimate of drug-likeness (QED) is 0.141. The molecule has 0 unspecified atom stereocenters. The Bertz CT molecular complexity index is 1370. The summed E-state index contributed by atoms with van der Waals surface area (Å²) >= 11 is -0.826. The van der Waals surface area contributed by atoms with Gasteiger partial charge in [-0.05, 0) is 18.4 Å². The van der Waals surface area contributed by atoms with Gasteiger partial charge in [-0.15, -0.1) is 40.1 Å². The van der Waals surface area contributed by atoms with E-state index in [1.807, 2.05) is 6.07 Å². The summed E-state index contributed by atoms with van der Waals surface area (Å²) in [6, 6.07) is 38.2. The van der Waals surface area contributed by atoms with Gasteiger partial charge in [0, 0.05) is 0 Å². The topological polar surface area (TPSA) is 0 Å². The first kappa shape index (κ1) is 27.2. The van der Waals surface area contributed by atoms with Crippen LogP contribution in [0.5, 0.6) is 0 Å². The van der Waals surface area contributed by atoms with Crippen LogP contribution in [0.15, 0.2) is 97.1 Å². The summed E-state index contributed by atoms with van der Waals surface area (Å²) in [6.07, 6.45) is 3.66. The Hall–Kier alpha value is -1.83. The average molecular weight is 603 g/mol. The van der Waals surface area contributed by atoms with Crippen molar-refractivity contribution in [3.8, 4) is 22.3 Å². The number of aryl methyl sites for hydroxylation is 2. The molecule has 0 saturated carbocycles. The molecular formula is C32H28Cl2SiZr. The van der Waals surface area contributed by atoms with Crippen molar-refractivity contribution < 1.29 is 20.8 Å². The monoisotopic (exact) mass is 600 g/mol. The standard InChI is InChI=1S/C20H21.C12H7Si.2ClH.Zr/c1-3-4-8-17-11-12-18-13-15(2)14-19(18)20(17)16-9-6-5-7-10-16;1-3-7-11-9(5-1)10-6-2-4-8-12(10)13-11;;;/h5-7,9-14H,3-4,8H2,1-2H3;1-7H;2*1H;/q2*-1;;;+4/p-2. The van der Waals surface area contributed by atoms with Crippen LogP contribution in [0.2, 0.25) is 0 Å². The molecule has 0 fully saturated rings. The fraction of sp³-hybridized carbons (Fsp3) is 0.156. The Morgan fingerprint density at radius 1 is 0.889 bits per heavy atom. The number of rotatable bonds is 4. The first-order valence-corrected chi connectivity index (χ1v) is 19.6. The van der Waals surface area contributed by atoms with Gasteiger partial charge in [0.1, 0.15) is 0 Å². The molecule has 1 aliphatic heterocycles. The van der Waals surface area contributed by atoms with Crippen LogP contribution in [0, 0.1) is 13.0 Å². The summed E-state index contributed by atoms with van der Waals surface area (Å²) in [5.74, 6) is 0. The fourth-order valence-corrected chi connectivity index (χ4v) is 6.03. The normalized spacial score (nSPS) is 10.9. The first-order chi connectivity index (χ1) is 17.7. The minimum atomic E-state index is -0.826. The molecule has 1 heterocycles. The average Bonchev–Trinajstić information content (AvgIpc) is 3.48. The smallest absolute Gasteiger partial charge is 0.0920 e. The molecule has 0 amide bonds. The van der Waals surface area contributed by atoms with E-state index in [2.05, 4.69) is 111 Å². The van der Waals surface area contributed by atoms with Crippen LogP contribution >= 0.6 is 17.0 Å². The van der Waals surface area contributed by atoms with Crippen LogP contribution in [0.25, 0.3) is 33.0 Å². The third-order valence-corrected chi connectivity index (χ3v) is 7.68. The Balaban J connectivity index is 0.000000163. The van der Waals surface area contributed by atoms with Crippen LogP contribution in [0.3, 0.4) is 0 Å². The Labute approximate surface area is 236 Å². The summed E-state index contributed by atoms with van der Waals surface area (Å²) in [7, 11) is 10.7. The number of hydrogen-bond donors (Lipinski definition) is 0. The van der Waals surface area contributed by atoms with Crippen LogP contribution in [0.4, 0.5) is 0 Å². The summed E-state index contributed by atoms with van der Waals surface area (Å²) in [5, 5.41) is 5.59. The van der Waals surface area contributed by atoms with Gasteiger partial charge in [0.05, 0.1) is 9.52 Å². The van der Waals surface area contributed by atoms with Crippen molar-refractivity contribution in [3.05, 3.63) is 114 Å². The molecule has 5 aromatic rings. The molecule has 0 aliphatic carbocycles. The van der Waals surface area contributed by atoms with Gasteiger partial charge in [0.15, 0.2) is 0 Å². The first-order valence-electron chi connectivity index (χ1n) is 12.2. The van der Waals surface area contributed by atoms with Gasteiger partial charge in [-0.3, -0.25) is 0 Å². The van der Waals surface area contributed by atoms with E-state index in [4.69, 9.17) is 17.0 Å². The summed E-state index contributed by atoms with van der Waals surface area (Å²) in [4.78, 5) is 0. The maximum atomic E-state index is 4.93. The van der Waals surface area contributed by atoms with Crippen molar-refractivity contribution in [2.24, 2.45) is 0 Å². The van der Waals surface area contributed by atoms with E-state index in [9.17, 15) is 0 Å². The molecule has 4 heteroatoms. The number of fused-ring (bicyclic) bond motifs is 4. The van der Waals surface area contributed by atoms with E-state index in [1.54, 1.807) is 0 Å². The van der Waals surface area contributed by atoms with Crippen molar-refractivity contribution in [2.75, 3.05) is 0 Å². The van der Waals surface area contributed by atoms with E-state index in [1.165, 1.54) is 73.8 Å². The zero-order valence-corrected chi connectivity index (χ0v) is 25.6. The van der Waals surface area contributed by atoms with Crippen molar-refractivity contribution in [2.45, 2.75) is 33.1 Å². The molecule has 1 aliphatic rings. The molecule has 0 bridgehead atoms. The van der Waals surface area contributed by atoms with Gasteiger partial charge in [0.25, 0.3) is 0 Å². The Morgan fingerprint density at radius 2 is 1.61 bits per heavy atom.